The number of furan rings is 1. The van der Waals surface area contributed by atoms with Crippen LogP contribution in [0.4, 0.5) is 5.69 Å². The van der Waals surface area contributed by atoms with Gasteiger partial charge in [0.1, 0.15) is 10.6 Å². The van der Waals surface area contributed by atoms with Gasteiger partial charge in [0, 0.05) is 31.4 Å². The summed E-state index contributed by atoms with van der Waals surface area (Å²) in [5.74, 6) is -1.18. The summed E-state index contributed by atoms with van der Waals surface area (Å²) in [6.45, 7) is 0. The Kier molecular flexibility index (Phi) is 7.87. The van der Waals surface area contributed by atoms with Crippen LogP contribution in [0.15, 0.2) is 99.1 Å². The first kappa shape index (κ1) is 26.4. The first-order valence-electron chi connectivity index (χ1n) is 11.4. The molecular formula is C28H17BrClN3O5S. The fourth-order valence-electron chi connectivity index (χ4n) is 3.54. The van der Waals surface area contributed by atoms with Crippen molar-refractivity contribution in [2.24, 2.45) is 5.10 Å². The average Bonchev–Trinajstić information content (AvgIpc) is 3.59. The van der Waals surface area contributed by atoms with Crippen LogP contribution in [-0.4, -0.2) is 24.0 Å². The van der Waals surface area contributed by atoms with Gasteiger partial charge in [-0.05, 0) is 60.7 Å². The van der Waals surface area contributed by atoms with Crippen molar-refractivity contribution >= 4 is 78.6 Å². The second-order valence-corrected chi connectivity index (χ2v) is 10.4. The maximum Gasteiger partial charge on any atom is 0.379 e. The van der Waals surface area contributed by atoms with Gasteiger partial charge in [-0.3, -0.25) is 9.59 Å². The Labute approximate surface area is 239 Å². The highest BCUT2D eigenvalue weighted by molar-refractivity contribution is 9.10. The minimum atomic E-state index is -0.664. The highest BCUT2D eigenvalue weighted by atomic mass is 79.9. The van der Waals surface area contributed by atoms with E-state index in [1.54, 1.807) is 48.5 Å². The van der Waals surface area contributed by atoms with E-state index >= 15 is 0 Å². The van der Waals surface area contributed by atoms with E-state index in [-0.39, 0.29) is 17.4 Å². The van der Waals surface area contributed by atoms with Gasteiger partial charge in [0.15, 0.2) is 0 Å². The third-order valence-corrected chi connectivity index (χ3v) is 7.58. The van der Waals surface area contributed by atoms with Crippen molar-refractivity contribution in [2.75, 3.05) is 5.32 Å². The number of anilines is 1. The zero-order chi connectivity index (χ0) is 27.4. The molecule has 0 aliphatic rings. The van der Waals surface area contributed by atoms with Crippen LogP contribution in [-0.2, 0) is 0 Å². The van der Waals surface area contributed by atoms with Gasteiger partial charge in [0.05, 0.1) is 17.5 Å². The minimum absolute atomic E-state index is 0.0562. The molecule has 8 nitrogen and oxygen atoms in total. The Morgan fingerprint density at radius 2 is 1.77 bits per heavy atom. The van der Waals surface area contributed by atoms with Crippen LogP contribution >= 0.6 is 38.9 Å². The summed E-state index contributed by atoms with van der Waals surface area (Å²) >= 11 is 11.1. The SMILES string of the molecule is O=C(N/N=C\c1cc(Br)ccc1OC(=O)c1ccco1)c1ccc(NC(=O)c2sc3ccccc3c2Cl)cc1. The normalized spacial score (nSPS) is 11.0. The number of fused-ring (bicyclic) bond motifs is 1. The van der Waals surface area contributed by atoms with Crippen LogP contribution in [0.25, 0.3) is 10.1 Å². The smallest absolute Gasteiger partial charge is 0.379 e. The number of ether oxygens (including phenoxy) is 1. The summed E-state index contributed by atoms with van der Waals surface area (Å²) in [5.41, 5.74) is 3.71. The van der Waals surface area contributed by atoms with Gasteiger partial charge in [-0.2, -0.15) is 5.10 Å². The molecule has 0 aliphatic carbocycles. The number of carbonyl (C=O) groups is 3. The van der Waals surface area contributed by atoms with Crippen molar-refractivity contribution in [3.63, 3.8) is 0 Å². The Bertz CT molecular complexity index is 1720. The molecule has 3 aromatic carbocycles. The maximum atomic E-state index is 12.8. The predicted molar refractivity (Wildman–Crippen MR) is 154 cm³/mol. The summed E-state index contributed by atoms with van der Waals surface area (Å²) in [7, 11) is 0. The van der Waals surface area contributed by atoms with Crippen LogP contribution in [0.3, 0.4) is 0 Å². The standard InChI is InChI=1S/C28H17BrClN3O5S/c29-18-9-12-21(38-28(36)22-5-3-13-37-22)17(14-18)15-31-33-26(34)16-7-10-19(11-8-16)32-27(35)25-24(30)20-4-1-2-6-23(20)39-25/h1-15H,(H,32,35)(H,33,34)/b31-15-. The highest BCUT2D eigenvalue weighted by Gasteiger charge is 2.17. The molecule has 0 radical (unpaired) electrons. The quantitative estimate of drug-likeness (QED) is 0.0867. The van der Waals surface area contributed by atoms with Crippen LogP contribution < -0.4 is 15.5 Å². The fraction of sp³-hybridized carbons (Fsp3) is 0. The number of hydrogen-bond acceptors (Lipinski definition) is 7. The predicted octanol–water partition coefficient (Wildman–Crippen LogP) is 7.15. The summed E-state index contributed by atoms with van der Waals surface area (Å²) in [4.78, 5) is 38.0. The van der Waals surface area contributed by atoms with Crippen molar-refractivity contribution in [1.82, 2.24) is 5.43 Å². The molecule has 0 aliphatic heterocycles. The zero-order valence-electron chi connectivity index (χ0n) is 19.8. The van der Waals surface area contributed by atoms with Crippen LogP contribution in [0, 0.1) is 0 Å². The first-order valence-corrected chi connectivity index (χ1v) is 13.3. The number of halogens is 2. The zero-order valence-corrected chi connectivity index (χ0v) is 23.0. The second-order valence-electron chi connectivity index (χ2n) is 8.02. The summed E-state index contributed by atoms with van der Waals surface area (Å²) in [6.07, 6.45) is 2.73. The van der Waals surface area contributed by atoms with Crippen molar-refractivity contribution in [3.8, 4) is 5.75 Å². The van der Waals surface area contributed by atoms with Crippen molar-refractivity contribution in [2.45, 2.75) is 0 Å². The summed E-state index contributed by atoms with van der Waals surface area (Å²) < 4.78 is 12.1. The number of hydrazone groups is 1. The van der Waals surface area contributed by atoms with E-state index in [1.165, 1.54) is 29.9 Å². The van der Waals surface area contributed by atoms with E-state index in [2.05, 4.69) is 31.8 Å². The molecule has 0 unspecified atom stereocenters. The van der Waals surface area contributed by atoms with E-state index in [0.717, 1.165) is 14.6 Å². The molecule has 5 rings (SSSR count). The molecule has 39 heavy (non-hydrogen) atoms. The van der Waals surface area contributed by atoms with Gasteiger partial charge in [-0.25, -0.2) is 10.2 Å². The molecular weight excluding hydrogens is 606 g/mol. The largest absolute Gasteiger partial charge is 0.457 e. The first-order chi connectivity index (χ1) is 18.9. The number of carbonyl (C=O) groups excluding carboxylic acids is 3. The molecule has 5 aromatic rings. The van der Waals surface area contributed by atoms with Crippen LogP contribution in [0.5, 0.6) is 5.75 Å². The molecule has 0 fully saturated rings. The lowest BCUT2D eigenvalue weighted by Gasteiger charge is -2.07. The maximum absolute atomic E-state index is 12.8. The van der Waals surface area contributed by atoms with Crippen LogP contribution in [0.2, 0.25) is 5.02 Å². The molecule has 2 N–H and O–H groups in total. The van der Waals surface area contributed by atoms with E-state index in [0.29, 0.717) is 26.7 Å². The molecule has 2 aromatic heterocycles. The molecule has 11 heteroatoms. The van der Waals surface area contributed by atoms with E-state index < -0.39 is 11.9 Å². The van der Waals surface area contributed by atoms with Gasteiger partial charge >= 0.3 is 5.97 Å². The number of esters is 1. The Morgan fingerprint density at radius 1 is 0.974 bits per heavy atom. The molecule has 0 spiro atoms. The third-order valence-electron chi connectivity index (χ3n) is 5.41. The summed E-state index contributed by atoms with van der Waals surface area (Å²) in [5, 5.41) is 8.02. The Morgan fingerprint density at radius 3 is 2.51 bits per heavy atom. The van der Waals surface area contributed by atoms with Gasteiger partial charge in [-0.1, -0.05) is 45.7 Å². The summed E-state index contributed by atoms with van der Waals surface area (Å²) in [6, 6.07) is 21.9. The average molecular weight is 623 g/mol. The van der Waals surface area contributed by atoms with Crippen molar-refractivity contribution in [1.29, 1.82) is 0 Å². The van der Waals surface area contributed by atoms with E-state index in [1.807, 2.05) is 24.3 Å². The number of thiophene rings is 1. The van der Waals surface area contributed by atoms with Gasteiger partial charge in [0.2, 0.25) is 5.76 Å². The topological polar surface area (TPSA) is 110 Å². The number of benzene rings is 3. The van der Waals surface area contributed by atoms with Gasteiger partial charge in [-0.15, -0.1) is 11.3 Å². The fourth-order valence-corrected chi connectivity index (χ4v) is 5.33. The lowest BCUT2D eigenvalue weighted by molar-refractivity contribution is 0.0700. The van der Waals surface area contributed by atoms with E-state index in [9.17, 15) is 14.4 Å². The minimum Gasteiger partial charge on any atom is -0.457 e. The number of nitrogens with zero attached hydrogens (tertiary/aromatic N) is 1. The second kappa shape index (κ2) is 11.6. The number of amides is 2. The molecule has 2 amide bonds. The van der Waals surface area contributed by atoms with Gasteiger partial charge in [0.25, 0.3) is 11.8 Å². The Balaban J connectivity index is 1.22. The van der Waals surface area contributed by atoms with E-state index in [4.69, 9.17) is 20.8 Å². The molecule has 0 atom stereocenters. The number of nitrogens with one attached hydrogen (secondary N) is 2. The monoisotopic (exact) mass is 621 g/mol. The van der Waals surface area contributed by atoms with Gasteiger partial charge < -0.3 is 14.5 Å². The lowest BCUT2D eigenvalue weighted by atomic mass is 10.2. The van der Waals surface area contributed by atoms with Crippen molar-refractivity contribution in [3.05, 3.63) is 116 Å². The lowest BCUT2D eigenvalue weighted by Crippen LogP contribution is -2.18. The highest BCUT2D eigenvalue weighted by Crippen LogP contribution is 2.35. The molecule has 0 bridgehead atoms. The number of rotatable bonds is 7. The van der Waals surface area contributed by atoms with Crippen molar-refractivity contribution < 1.29 is 23.5 Å². The Hall–Kier alpha value is -4.25. The molecule has 0 saturated carbocycles. The molecule has 2 heterocycles. The third kappa shape index (κ3) is 6.09. The molecule has 194 valence electrons. The van der Waals surface area contributed by atoms with Crippen LogP contribution in [0.1, 0.15) is 36.1 Å². The number of hydrogen-bond donors (Lipinski definition) is 2. The molecule has 0 saturated heterocycles.